The minimum atomic E-state index is -0.687. The molecule has 3 aromatic carbocycles. The number of halogens is 2. The van der Waals surface area contributed by atoms with Crippen molar-refractivity contribution in [3.63, 3.8) is 0 Å². The summed E-state index contributed by atoms with van der Waals surface area (Å²) < 4.78 is 11.7. The number of hydrogen-bond acceptors (Lipinski definition) is 7. The molecule has 0 radical (unpaired) electrons. The fourth-order valence-corrected chi connectivity index (χ4v) is 5.47. The Labute approximate surface area is 268 Å². The van der Waals surface area contributed by atoms with Crippen LogP contribution >= 0.6 is 47.2 Å². The van der Waals surface area contributed by atoms with Crippen LogP contribution in [0, 0.1) is 0 Å². The highest BCUT2D eigenvalue weighted by Crippen LogP contribution is 2.34. The Balaban J connectivity index is 1.41. The highest BCUT2D eigenvalue weighted by molar-refractivity contribution is 8.26. The van der Waals surface area contributed by atoms with Crippen molar-refractivity contribution in [2.75, 3.05) is 23.8 Å². The maximum atomic E-state index is 13.0. The van der Waals surface area contributed by atoms with Crippen LogP contribution in [0.1, 0.15) is 37.8 Å². The molecule has 0 aromatic heterocycles. The summed E-state index contributed by atoms with van der Waals surface area (Å²) in [6.45, 7) is 6.07. The quantitative estimate of drug-likeness (QED) is 0.153. The Kier molecular flexibility index (Phi) is 10.9. The molecule has 1 heterocycles. The van der Waals surface area contributed by atoms with Gasteiger partial charge in [0.15, 0.2) is 22.4 Å². The second kappa shape index (κ2) is 14.6. The lowest BCUT2D eigenvalue weighted by Crippen LogP contribution is -2.46. The highest BCUT2D eigenvalue weighted by atomic mass is 35.5. The van der Waals surface area contributed by atoms with Crippen molar-refractivity contribution in [1.29, 1.82) is 0 Å². The van der Waals surface area contributed by atoms with Crippen molar-refractivity contribution in [3.05, 3.63) is 86.7 Å². The van der Waals surface area contributed by atoms with Crippen LogP contribution in [-0.4, -0.2) is 40.4 Å². The van der Waals surface area contributed by atoms with Gasteiger partial charge in [-0.2, -0.15) is 5.01 Å². The number of nitrogens with zero attached hydrogens (tertiary/aromatic N) is 1. The molecule has 224 valence electrons. The first-order valence-corrected chi connectivity index (χ1v) is 15.1. The number of nitrogens with one attached hydrogen (secondary N) is 3. The smallest absolute Gasteiger partial charge is 0.338 e. The van der Waals surface area contributed by atoms with E-state index in [-0.39, 0.29) is 27.8 Å². The first-order valence-electron chi connectivity index (χ1n) is 13.1. The number of rotatable bonds is 10. The molecule has 0 atom stereocenters. The lowest BCUT2D eigenvalue weighted by atomic mass is 10.0. The number of hydrazine groups is 1. The molecule has 4 amide bonds. The van der Waals surface area contributed by atoms with Gasteiger partial charge in [0.05, 0.1) is 21.6 Å². The van der Waals surface area contributed by atoms with Gasteiger partial charge in [-0.15, -0.1) is 0 Å². The number of ether oxygens (including phenoxy) is 2. The number of thioether (sulfide) groups is 1. The Morgan fingerprint density at radius 3 is 2.49 bits per heavy atom. The van der Waals surface area contributed by atoms with Gasteiger partial charge in [0.1, 0.15) is 0 Å². The summed E-state index contributed by atoms with van der Waals surface area (Å²) in [6, 6.07) is 16.6. The Hall–Kier alpha value is -3.77. The topological polar surface area (TPSA) is 109 Å². The molecule has 0 aliphatic carbocycles. The second-order valence-electron chi connectivity index (χ2n) is 9.43. The summed E-state index contributed by atoms with van der Waals surface area (Å²) >= 11 is 18.2. The summed E-state index contributed by atoms with van der Waals surface area (Å²) in [5, 5.41) is 7.07. The maximum Gasteiger partial charge on any atom is 0.338 e. The Bertz CT molecular complexity index is 1600. The van der Waals surface area contributed by atoms with Crippen molar-refractivity contribution in [3.8, 4) is 11.5 Å². The van der Waals surface area contributed by atoms with E-state index in [2.05, 4.69) is 29.9 Å². The molecule has 0 spiro atoms. The maximum absolute atomic E-state index is 13.0. The van der Waals surface area contributed by atoms with E-state index in [0.717, 1.165) is 28.0 Å². The number of benzene rings is 3. The minimum Gasteiger partial charge on any atom is -0.490 e. The van der Waals surface area contributed by atoms with Gasteiger partial charge in [-0.05, 0) is 78.7 Å². The summed E-state index contributed by atoms with van der Waals surface area (Å²) in [4.78, 5) is 38.5. The van der Waals surface area contributed by atoms with Crippen LogP contribution in [0.15, 0.2) is 65.6 Å². The largest absolute Gasteiger partial charge is 0.490 e. The van der Waals surface area contributed by atoms with Crippen molar-refractivity contribution in [2.45, 2.75) is 26.7 Å². The van der Waals surface area contributed by atoms with Gasteiger partial charge >= 0.3 is 6.03 Å². The molecular formula is C30H28Cl2N4O5S2. The monoisotopic (exact) mass is 658 g/mol. The second-order valence-corrected chi connectivity index (χ2v) is 11.9. The minimum absolute atomic E-state index is 0.149. The van der Waals surface area contributed by atoms with Gasteiger partial charge in [-0.3, -0.25) is 9.59 Å². The molecule has 3 aromatic rings. The lowest BCUT2D eigenvalue weighted by molar-refractivity contribution is -0.123. The summed E-state index contributed by atoms with van der Waals surface area (Å²) in [7, 11) is 0. The third kappa shape index (κ3) is 8.41. The number of hydrogen-bond donors (Lipinski definition) is 3. The SMILES string of the molecule is CCOc1cc(/C=C2/SC(=S)N(NC(=O)Nc3ccc(Cl)c(Cl)c3)C2=O)ccc1OCC(=O)Nc1ccccc1C(C)C. The van der Waals surface area contributed by atoms with Crippen molar-refractivity contribution < 1.29 is 23.9 Å². The van der Waals surface area contributed by atoms with E-state index in [9.17, 15) is 14.4 Å². The van der Waals surface area contributed by atoms with Crippen LogP contribution in [0.5, 0.6) is 11.5 Å². The van der Waals surface area contributed by atoms with Crippen molar-refractivity contribution >= 4 is 86.8 Å². The molecule has 0 unspecified atom stereocenters. The number of amides is 4. The number of carbonyl (C=O) groups is 3. The predicted molar refractivity (Wildman–Crippen MR) is 176 cm³/mol. The lowest BCUT2D eigenvalue weighted by Gasteiger charge is -2.16. The average Bonchev–Trinajstić information content (AvgIpc) is 3.22. The average molecular weight is 660 g/mol. The molecule has 1 fully saturated rings. The summed E-state index contributed by atoms with van der Waals surface area (Å²) in [6.07, 6.45) is 1.62. The zero-order valence-electron chi connectivity index (χ0n) is 23.4. The summed E-state index contributed by atoms with van der Waals surface area (Å²) in [5.74, 6) is 0.215. The van der Waals surface area contributed by atoms with E-state index in [4.69, 9.17) is 44.9 Å². The number of para-hydroxylation sites is 1. The molecule has 0 bridgehead atoms. The van der Waals surface area contributed by atoms with Crippen LogP contribution < -0.4 is 25.5 Å². The van der Waals surface area contributed by atoms with Crippen LogP contribution in [0.4, 0.5) is 16.2 Å². The van der Waals surface area contributed by atoms with Gasteiger partial charge in [-0.25, -0.2) is 10.2 Å². The van der Waals surface area contributed by atoms with Crippen LogP contribution in [-0.2, 0) is 9.59 Å². The zero-order chi connectivity index (χ0) is 31.1. The van der Waals surface area contributed by atoms with Gasteiger partial charge in [0, 0.05) is 11.4 Å². The molecule has 1 saturated heterocycles. The first-order chi connectivity index (χ1) is 20.5. The van der Waals surface area contributed by atoms with Gasteiger partial charge in [-0.1, -0.05) is 73.1 Å². The fourth-order valence-electron chi connectivity index (χ4n) is 4.00. The van der Waals surface area contributed by atoms with Gasteiger partial charge < -0.3 is 20.1 Å². The van der Waals surface area contributed by atoms with E-state index < -0.39 is 11.9 Å². The number of urea groups is 1. The molecular weight excluding hydrogens is 631 g/mol. The van der Waals surface area contributed by atoms with E-state index >= 15 is 0 Å². The molecule has 3 N–H and O–H groups in total. The summed E-state index contributed by atoms with van der Waals surface area (Å²) in [5.41, 5.74) is 5.23. The highest BCUT2D eigenvalue weighted by Gasteiger charge is 2.33. The molecule has 4 rings (SSSR count). The van der Waals surface area contributed by atoms with Crippen molar-refractivity contribution in [1.82, 2.24) is 10.4 Å². The fraction of sp³-hybridized carbons (Fsp3) is 0.200. The third-order valence-corrected chi connectivity index (χ3v) is 8.01. The van der Waals surface area contributed by atoms with Gasteiger partial charge in [0.2, 0.25) is 0 Å². The third-order valence-electron chi connectivity index (χ3n) is 5.97. The van der Waals surface area contributed by atoms with E-state index in [1.807, 2.05) is 31.2 Å². The van der Waals surface area contributed by atoms with E-state index in [1.165, 1.54) is 12.1 Å². The van der Waals surface area contributed by atoms with E-state index in [1.54, 1.807) is 30.3 Å². The van der Waals surface area contributed by atoms with Crippen LogP contribution in [0.2, 0.25) is 10.0 Å². The van der Waals surface area contributed by atoms with Crippen LogP contribution in [0.3, 0.4) is 0 Å². The Morgan fingerprint density at radius 1 is 1.00 bits per heavy atom. The predicted octanol–water partition coefficient (Wildman–Crippen LogP) is 7.47. The number of anilines is 2. The number of carbonyl (C=O) groups excluding carboxylic acids is 3. The molecule has 13 heteroatoms. The van der Waals surface area contributed by atoms with E-state index in [0.29, 0.717) is 39.3 Å². The van der Waals surface area contributed by atoms with Gasteiger partial charge in [0.25, 0.3) is 11.8 Å². The molecule has 0 saturated carbocycles. The van der Waals surface area contributed by atoms with Crippen molar-refractivity contribution in [2.24, 2.45) is 0 Å². The molecule has 1 aliphatic heterocycles. The normalized spacial score (nSPS) is 13.8. The van der Waals surface area contributed by atoms with Crippen LogP contribution in [0.25, 0.3) is 6.08 Å². The number of thiocarbonyl (C=S) groups is 1. The zero-order valence-corrected chi connectivity index (χ0v) is 26.5. The Morgan fingerprint density at radius 2 is 1.77 bits per heavy atom. The standard InChI is InChI=1S/C30H28Cl2N4O5S2/c1-4-40-25-13-18(9-12-24(25)41-16-27(37)34-23-8-6-5-7-20(23)17(2)3)14-26-28(38)36(30(42)43-26)35-29(39)33-19-10-11-21(31)22(32)15-19/h5-15,17H,4,16H2,1-3H3,(H,34,37)(H2,33,35,39)/b26-14+. The molecule has 9 nitrogen and oxygen atoms in total. The molecule has 43 heavy (non-hydrogen) atoms. The molecule has 1 aliphatic rings. The first kappa shape index (κ1) is 32.2.